The molecule has 1 aliphatic heterocycles. The number of carbonyl (C=O) groups is 1. The highest BCUT2D eigenvalue weighted by Gasteiger charge is 2.31. The van der Waals surface area contributed by atoms with Crippen molar-refractivity contribution in [3.63, 3.8) is 0 Å². The monoisotopic (exact) mass is 394 g/mol. The molecule has 2 aromatic rings. The second-order valence-electron chi connectivity index (χ2n) is 5.83. The number of ether oxygens (including phenoxy) is 2. The van der Waals surface area contributed by atoms with Crippen LogP contribution in [0.3, 0.4) is 0 Å². The number of halogens is 3. The van der Waals surface area contributed by atoms with Gasteiger partial charge in [-0.25, -0.2) is 9.79 Å². The number of cyclic esters (lactones) is 1. The molecule has 0 radical (unpaired) electrons. The molecule has 148 valence electrons. The lowest BCUT2D eigenvalue weighted by Gasteiger charge is -2.12. The summed E-state index contributed by atoms with van der Waals surface area (Å²) >= 11 is 0. The number of nitrogens with two attached hydrogens (primary N) is 1. The van der Waals surface area contributed by atoms with Crippen molar-refractivity contribution >= 4 is 23.4 Å². The Balaban J connectivity index is 1.54. The smallest absolute Gasteiger partial charge is 0.447 e. The molecular weight excluding hydrogens is 377 g/mol. The molecule has 1 aliphatic rings. The molecule has 3 N–H and O–H groups in total. The summed E-state index contributed by atoms with van der Waals surface area (Å²) in [6, 6.07) is 12.4. The molecule has 10 heteroatoms. The first kappa shape index (κ1) is 19.3. The van der Waals surface area contributed by atoms with Crippen molar-refractivity contribution in [3.8, 4) is 5.75 Å². The third-order valence-electron chi connectivity index (χ3n) is 3.80. The Morgan fingerprint density at radius 1 is 1.18 bits per heavy atom. The van der Waals surface area contributed by atoms with Gasteiger partial charge in [-0.2, -0.15) is 0 Å². The molecule has 0 aliphatic carbocycles. The van der Waals surface area contributed by atoms with Crippen molar-refractivity contribution < 1.29 is 27.4 Å². The standard InChI is InChI=1S/C18H17F3N4O3/c19-18(20,21)28-15-7-3-13(4-8-15)24-16(22)23-11-12-1-5-14(6-2-12)25-9-10-27-17(25)26/h1-8H,9-11H2,(H3,22,23,24). The van der Waals surface area contributed by atoms with Gasteiger partial charge in [0.1, 0.15) is 12.4 Å². The molecule has 0 aromatic heterocycles. The van der Waals surface area contributed by atoms with Gasteiger partial charge in [-0.3, -0.25) is 4.90 Å². The first-order valence-corrected chi connectivity index (χ1v) is 8.26. The third kappa shape index (κ3) is 5.29. The zero-order valence-electron chi connectivity index (χ0n) is 14.6. The van der Waals surface area contributed by atoms with E-state index >= 15 is 0 Å². The fourth-order valence-corrected chi connectivity index (χ4v) is 2.51. The van der Waals surface area contributed by atoms with Crippen LogP contribution in [0, 0.1) is 0 Å². The number of nitrogens with zero attached hydrogens (tertiary/aromatic N) is 2. The molecule has 0 spiro atoms. The van der Waals surface area contributed by atoms with Gasteiger partial charge >= 0.3 is 12.5 Å². The fraction of sp³-hybridized carbons (Fsp3) is 0.222. The van der Waals surface area contributed by atoms with Crippen LogP contribution in [-0.4, -0.2) is 31.6 Å². The first-order chi connectivity index (χ1) is 13.3. The summed E-state index contributed by atoms with van der Waals surface area (Å²) in [5, 5.41) is 2.79. The molecule has 1 fully saturated rings. The van der Waals surface area contributed by atoms with Crippen LogP contribution >= 0.6 is 0 Å². The number of hydrogen-bond acceptors (Lipinski definition) is 4. The molecule has 0 unspecified atom stereocenters. The summed E-state index contributed by atoms with van der Waals surface area (Å²) in [4.78, 5) is 17.2. The van der Waals surface area contributed by atoms with Crippen molar-refractivity contribution in [3.05, 3.63) is 54.1 Å². The molecule has 28 heavy (non-hydrogen) atoms. The molecule has 1 saturated heterocycles. The van der Waals surface area contributed by atoms with Crippen LogP contribution in [0.2, 0.25) is 0 Å². The second kappa shape index (κ2) is 8.07. The molecule has 1 amide bonds. The van der Waals surface area contributed by atoms with Crippen molar-refractivity contribution in [1.29, 1.82) is 0 Å². The van der Waals surface area contributed by atoms with Crippen LogP contribution in [0.25, 0.3) is 0 Å². The number of carbonyl (C=O) groups excluding carboxylic acids is 1. The number of nitrogens with one attached hydrogen (secondary N) is 1. The molecule has 0 atom stereocenters. The predicted molar refractivity (Wildman–Crippen MR) is 97.2 cm³/mol. The summed E-state index contributed by atoms with van der Waals surface area (Å²) in [7, 11) is 0. The highest BCUT2D eigenvalue weighted by atomic mass is 19.4. The number of guanidine groups is 1. The average Bonchev–Trinajstić information content (AvgIpc) is 3.07. The Hall–Kier alpha value is -3.43. The van der Waals surface area contributed by atoms with E-state index in [-0.39, 0.29) is 17.8 Å². The van der Waals surface area contributed by atoms with E-state index in [1.54, 1.807) is 12.1 Å². The number of hydrogen-bond donors (Lipinski definition) is 2. The predicted octanol–water partition coefficient (Wildman–Crippen LogP) is 3.47. The molecule has 1 heterocycles. The maximum absolute atomic E-state index is 12.1. The van der Waals surface area contributed by atoms with Crippen LogP contribution in [0.4, 0.5) is 29.3 Å². The maximum atomic E-state index is 12.1. The lowest BCUT2D eigenvalue weighted by molar-refractivity contribution is -0.274. The summed E-state index contributed by atoms with van der Waals surface area (Å²) in [6.45, 7) is 1.18. The normalized spacial score (nSPS) is 14.8. The van der Waals surface area contributed by atoms with E-state index in [2.05, 4.69) is 15.0 Å². The van der Waals surface area contributed by atoms with Gasteiger partial charge in [0, 0.05) is 11.4 Å². The Morgan fingerprint density at radius 3 is 2.43 bits per heavy atom. The Morgan fingerprint density at radius 2 is 1.86 bits per heavy atom. The van der Waals surface area contributed by atoms with Gasteiger partial charge in [0.15, 0.2) is 5.96 Å². The number of alkyl halides is 3. The van der Waals surface area contributed by atoms with Crippen LogP contribution in [0.5, 0.6) is 5.75 Å². The molecule has 0 saturated carbocycles. The maximum Gasteiger partial charge on any atom is 0.573 e. The largest absolute Gasteiger partial charge is 0.573 e. The average molecular weight is 394 g/mol. The Kier molecular flexibility index (Phi) is 5.57. The number of rotatable bonds is 5. The lowest BCUT2D eigenvalue weighted by Crippen LogP contribution is -2.23. The van der Waals surface area contributed by atoms with Gasteiger partial charge in [0.2, 0.25) is 0 Å². The van der Waals surface area contributed by atoms with Crippen LogP contribution in [-0.2, 0) is 11.3 Å². The zero-order valence-corrected chi connectivity index (χ0v) is 14.6. The zero-order chi connectivity index (χ0) is 20.1. The number of benzene rings is 2. The number of amides is 1. The summed E-state index contributed by atoms with van der Waals surface area (Å²) < 4.78 is 45.1. The highest BCUT2D eigenvalue weighted by Crippen LogP contribution is 2.24. The van der Waals surface area contributed by atoms with Crippen molar-refractivity contribution in [1.82, 2.24) is 0 Å². The van der Waals surface area contributed by atoms with Crippen molar-refractivity contribution in [2.24, 2.45) is 10.7 Å². The summed E-state index contributed by atoms with van der Waals surface area (Å²) in [5.74, 6) is -0.216. The fourth-order valence-electron chi connectivity index (χ4n) is 2.51. The lowest BCUT2D eigenvalue weighted by atomic mass is 10.2. The third-order valence-corrected chi connectivity index (χ3v) is 3.80. The van der Waals surface area contributed by atoms with Crippen molar-refractivity contribution in [2.45, 2.75) is 12.9 Å². The number of aliphatic imine (C=N–C) groups is 1. The van der Waals surface area contributed by atoms with E-state index in [1.165, 1.54) is 29.2 Å². The first-order valence-electron chi connectivity index (χ1n) is 8.26. The Labute approximate surface area is 158 Å². The minimum Gasteiger partial charge on any atom is -0.447 e. The van der Waals surface area contributed by atoms with E-state index in [0.29, 0.717) is 25.4 Å². The quantitative estimate of drug-likeness (QED) is 0.599. The van der Waals surface area contributed by atoms with Gasteiger partial charge in [0.05, 0.1) is 13.1 Å². The van der Waals surface area contributed by atoms with E-state index in [1.807, 2.05) is 12.1 Å². The molecule has 2 aromatic carbocycles. The van der Waals surface area contributed by atoms with Crippen LogP contribution in [0.15, 0.2) is 53.5 Å². The van der Waals surface area contributed by atoms with Gasteiger partial charge < -0.3 is 20.5 Å². The van der Waals surface area contributed by atoms with Gasteiger partial charge in [-0.15, -0.1) is 13.2 Å². The Bertz CT molecular complexity index is 852. The summed E-state index contributed by atoms with van der Waals surface area (Å²) in [6.07, 6.45) is -5.11. The van der Waals surface area contributed by atoms with Gasteiger partial charge in [-0.1, -0.05) is 12.1 Å². The molecular formula is C18H17F3N4O3. The van der Waals surface area contributed by atoms with E-state index in [0.717, 1.165) is 11.3 Å². The number of anilines is 2. The van der Waals surface area contributed by atoms with Gasteiger partial charge in [-0.05, 0) is 42.0 Å². The SMILES string of the molecule is NC(=NCc1ccc(N2CCOC2=O)cc1)Nc1ccc(OC(F)(F)F)cc1. The van der Waals surface area contributed by atoms with E-state index in [4.69, 9.17) is 10.5 Å². The van der Waals surface area contributed by atoms with Gasteiger partial charge in [0.25, 0.3) is 0 Å². The second-order valence-corrected chi connectivity index (χ2v) is 5.83. The molecule has 7 nitrogen and oxygen atoms in total. The van der Waals surface area contributed by atoms with Crippen LogP contribution < -0.4 is 20.7 Å². The van der Waals surface area contributed by atoms with Crippen LogP contribution in [0.1, 0.15) is 5.56 Å². The van der Waals surface area contributed by atoms with E-state index in [9.17, 15) is 18.0 Å². The topological polar surface area (TPSA) is 89.2 Å². The molecule has 3 rings (SSSR count). The van der Waals surface area contributed by atoms with E-state index < -0.39 is 6.36 Å². The minimum absolute atomic E-state index is 0.108. The highest BCUT2D eigenvalue weighted by molar-refractivity contribution is 5.92. The summed E-state index contributed by atoms with van der Waals surface area (Å²) in [5.41, 5.74) is 7.88. The van der Waals surface area contributed by atoms with Crippen molar-refractivity contribution in [2.75, 3.05) is 23.4 Å². The minimum atomic E-state index is -4.74. The molecule has 0 bridgehead atoms.